The monoisotopic (exact) mass is 414 g/mol. The van der Waals surface area contributed by atoms with E-state index in [1.54, 1.807) is 19.1 Å². The molecule has 0 amide bonds. The highest BCUT2D eigenvalue weighted by Gasteiger charge is 2.16. The lowest BCUT2D eigenvalue weighted by Crippen LogP contribution is -2.16. The maximum absolute atomic E-state index is 12.4. The SMILES string of the molecule is CCOc1cc(C(=O)O/N=C(\N)c2cc(Cl)ccc2OC)ccc1OC(F)F. The number of oxime groups is 1. The Morgan fingerprint density at radius 2 is 1.89 bits per heavy atom. The summed E-state index contributed by atoms with van der Waals surface area (Å²) in [7, 11) is 1.43. The fraction of sp³-hybridized carbons (Fsp3) is 0.222. The standard InChI is InChI=1S/C18H17ClF2N2O5/c1-3-26-15-8-10(4-6-14(15)27-18(20)21)17(24)28-23-16(22)12-9-11(19)5-7-13(12)25-2/h4-9,18H,3H2,1-2H3,(H2,22,23). The molecule has 2 aromatic carbocycles. The average Bonchev–Trinajstić information content (AvgIpc) is 2.67. The summed E-state index contributed by atoms with van der Waals surface area (Å²) in [6, 6.07) is 8.28. The van der Waals surface area contributed by atoms with Crippen LogP contribution in [0.1, 0.15) is 22.8 Å². The third-order valence-corrected chi connectivity index (χ3v) is 3.59. The van der Waals surface area contributed by atoms with Gasteiger partial charge in [0.05, 0.1) is 24.8 Å². The topological polar surface area (TPSA) is 92.4 Å². The molecule has 0 spiro atoms. The highest BCUT2D eigenvalue weighted by atomic mass is 35.5. The van der Waals surface area contributed by atoms with Gasteiger partial charge in [0, 0.05) is 5.02 Å². The molecule has 2 rings (SSSR count). The zero-order valence-corrected chi connectivity index (χ0v) is 15.7. The Morgan fingerprint density at radius 3 is 2.54 bits per heavy atom. The Balaban J connectivity index is 2.21. The molecule has 28 heavy (non-hydrogen) atoms. The van der Waals surface area contributed by atoms with E-state index in [0.717, 1.165) is 0 Å². The normalized spacial score (nSPS) is 11.3. The average molecular weight is 415 g/mol. The zero-order valence-electron chi connectivity index (χ0n) is 14.9. The molecule has 0 aliphatic heterocycles. The fourth-order valence-electron chi connectivity index (χ4n) is 2.17. The molecule has 0 aromatic heterocycles. The number of nitrogens with two attached hydrogens (primary N) is 1. The second kappa shape index (κ2) is 9.75. The molecule has 0 saturated carbocycles. The van der Waals surface area contributed by atoms with E-state index >= 15 is 0 Å². The first-order valence-corrected chi connectivity index (χ1v) is 8.33. The van der Waals surface area contributed by atoms with E-state index in [4.69, 9.17) is 31.6 Å². The van der Waals surface area contributed by atoms with Crippen LogP contribution in [0.3, 0.4) is 0 Å². The van der Waals surface area contributed by atoms with Crippen molar-refractivity contribution in [2.24, 2.45) is 10.9 Å². The molecule has 0 aliphatic carbocycles. The second-order valence-electron chi connectivity index (χ2n) is 5.17. The van der Waals surface area contributed by atoms with Gasteiger partial charge in [0.1, 0.15) is 5.75 Å². The van der Waals surface area contributed by atoms with E-state index in [9.17, 15) is 13.6 Å². The summed E-state index contributed by atoms with van der Waals surface area (Å²) in [6.07, 6.45) is 0. The van der Waals surface area contributed by atoms with E-state index in [1.165, 1.54) is 31.4 Å². The molecule has 0 unspecified atom stereocenters. The fourth-order valence-corrected chi connectivity index (χ4v) is 2.34. The number of amidine groups is 1. The number of halogens is 3. The van der Waals surface area contributed by atoms with Crippen LogP contribution in [0.15, 0.2) is 41.6 Å². The maximum Gasteiger partial charge on any atom is 0.387 e. The van der Waals surface area contributed by atoms with E-state index in [2.05, 4.69) is 9.89 Å². The highest BCUT2D eigenvalue weighted by molar-refractivity contribution is 6.31. The van der Waals surface area contributed by atoms with Crippen molar-refractivity contribution in [3.05, 3.63) is 52.5 Å². The minimum absolute atomic E-state index is 0.000301. The smallest absolute Gasteiger partial charge is 0.387 e. The van der Waals surface area contributed by atoms with Crippen molar-refractivity contribution in [2.75, 3.05) is 13.7 Å². The van der Waals surface area contributed by atoms with E-state index in [0.29, 0.717) is 16.3 Å². The molecule has 0 heterocycles. The van der Waals surface area contributed by atoms with Gasteiger partial charge in [-0.25, -0.2) is 4.79 Å². The third-order valence-electron chi connectivity index (χ3n) is 3.36. The number of methoxy groups -OCH3 is 1. The molecule has 0 saturated heterocycles. The van der Waals surface area contributed by atoms with Gasteiger partial charge in [0.15, 0.2) is 17.3 Å². The van der Waals surface area contributed by atoms with Gasteiger partial charge in [-0.05, 0) is 43.3 Å². The van der Waals surface area contributed by atoms with Crippen LogP contribution >= 0.6 is 11.6 Å². The van der Waals surface area contributed by atoms with Crippen LogP contribution in [0.4, 0.5) is 8.78 Å². The number of hydrogen-bond acceptors (Lipinski definition) is 6. The predicted octanol–water partition coefficient (Wildman–Crippen LogP) is 3.83. The molecule has 2 aromatic rings. The molecule has 0 aliphatic rings. The number of carbonyl (C=O) groups is 1. The van der Waals surface area contributed by atoms with Crippen LogP contribution in [-0.4, -0.2) is 32.1 Å². The van der Waals surface area contributed by atoms with Gasteiger partial charge in [0.2, 0.25) is 0 Å². The number of carbonyl (C=O) groups excluding carboxylic acids is 1. The lowest BCUT2D eigenvalue weighted by molar-refractivity contribution is -0.0514. The number of alkyl halides is 2. The lowest BCUT2D eigenvalue weighted by atomic mass is 10.2. The summed E-state index contributed by atoms with van der Waals surface area (Å²) in [4.78, 5) is 17.0. The summed E-state index contributed by atoms with van der Waals surface area (Å²) < 4.78 is 39.6. The Bertz CT molecular complexity index is 877. The Morgan fingerprint density at radius 1 is 1.18 bits per heavy atom. The molecule has 0 radical (unpaired) electrons. The first kappa shape index (κ1) is 21.2. The summed E-state index contributed by atoms with van der Waals surface area (Å²) in [5.41, 5.74) is 6.16. The van der Waals surface area contributed by atoms with Crippen molar-refractivity contribution in [1.29, 1.82) is 0 Å². The van der Waals surface area contributed by atoms with Crippen molar-refractivity contribution < 1.29 is 32.6 Å². The van der Waals surface area contributed by atoms with E-state index in [1.807, 2.05) is 0 Å². The van der Waals surface area contributed by atoms with Gasteiger partial charge in [-0.15, -0.1) is 0 Å². The minimum atomic E-state index is -3.03. The molecular weight excluding hydrogens is 398 g/mol. The molecule has 2 N–H and O–H groups in total. The Hall–Kier alpha value is -3.07. The van der Waals surface area contributed by atoms with E-state index in [-0.39, 0.29) is 29.5 Å². The van der Waals surface area contributed by atoms with Gasteiger partial charge >= 0.3 is 12.6 Å². The van der Waals surface area contributed by atoms with Crippen LogP contribution in [0, 0.1) is 0 Å². The van der Waals surface area contributed by atoms with Gasteiger partial charge in [-0.3, -0.25) is 0 Å². The van der Waals surface area contributed by atoms with Crippen LogP contribution in [-0.2, 0) is 4.84 Å². The minimum Gasteiger partial charge on any atom is -0.496 e. The number of benzene rings is 2. The van der Waals surface area contributed by atoms with Gasteiger partial charge in [0.25, 0.3) is 0 Å². The summed E-state index contributed by atoms with van der Waals surface area (Å²) in [5, 5.41) is 3.97. The Kier molecular flexibility index (Phi) is 7.39. The number of ether oxygens (including phenoxy) is 3. The van der Waals surface area contributed by atoms with Crippen LogP contribution < -0.4 is 19.9 Å². The number of hydrogen-bond donors (Lipinski definition) is 1. The maximum atomic E-state index is 12.4. The molecule has 7 nitrogen and oxygen atoms in total. The first-order chi connectivity index (χ1) is 13.3. The molecule has 150 valence electrons. The summed E-state index contributed by atoms with van der Waals surface area (Å²) in [5.74, 6) is -0.886. The van der Waals surface area contributed by atoms with Crippen LogP contribution in [0.25, 0.3) is 0 Å². The molecule has 0 atom stereocenters. The quantitative estimate of drug-likeness (QED) is 0.305. The van der Waals surface area contributed by atoms with Gasteiger partial charge in [-0.2, -0.15) is 8.78 Å². The van der Waals surface area contributed by atoms with Crippen molar-refractivity contribution in [1.82, 2.24) is 0 Å². The van der Waals surface area contributed by atoms with Crippen LogP contribution in [0.5, 0.6) is 17.2 Å². The van der Waals surface area contributed by atoms with Gasteiger partial charge < -0.3 is 24.8 Å². The van der Waals surface area contributed by atoms with Crippen molar-refractivity contribution in [3.8, 4) is 17.2 Å². The van der Waals surface area contributed by atoms with Crippen LogP contribution in [0.2, 0.25) is 5.02 Å². The summed E-state index contributed by atoms with van der Waals surface area (Å²) >= 11 is 5.92. The van der Waals surface area contributed by atoms with Crippen molar-refractivity contribution in [2.45, 2.75) is 13.5 Å². The molecule has 0 bridgehead atoms. The van der Waals surface area contributed by atoms with Gasteiger partial charge in [-0.1, -0.05) is 16.8 Å². The first-order valence-electron chi connectivity index (χ1n) is 7.96. The Labute approximate surface area is 164 Å². The highest BCUT2D eigenvalue weighted by Crippen LogP contribution is 2.30. The zero-order chi connectivity index (χ0) is 20.7. The largest absolute Gasteiger partial charge is 0.496 e. The number of rotatable bonds is 8. The third kappa shape index (κ3) is 5.46. The predicted molar refractivity (Wildman–Crippen MR) is 98.4 cm³/mol. The van der Waals surface area contributed by atoms with E-state index < -0.39 is 12.6 Å². The lowest BCUT2D eigenvalue weighted by Gasteiger charge is -2.12. The number of nitrogens with zero attached hydrogens (tertiary/aromatic N) is 1. The molecule has 0 fully saturated rings. The summed E-state index contributed by atoms with van der Waals surface area (Å²) in [6.45, 7) is -1.20. The molecular formula is C18H17ClF2N2O5. The van der Waals surface area contributed by atoms with Crippen molar-refractivity contribution in [3.63, 3.8) is 0 Å². The second-order valence-corrected chi connectivity index (χ2v) is 5.61. The molecule has 10 heteroatoms. The van der Waals surface area contributed by atoms with Crippen molar-refractivity contribution >= 4 is 23.4 Å².